The summed E-state index contributed by atoms with van der Waals surface area (Å²) in [5.41, 5.74) is 0. The Balaban J connectivity index is 3.74. The molecule has 3 heteroatoms. The fourth-order valence-corrected chi connectivity index (χ4v) is 0.687. The first kappa shape index (κ1) is 7.69. The lowest BCUT2D eigenvalue weighted by atomic mass is 10.6. The fraction of sp³-hybridized carbons (Fsp3) is 0.400. The Morgan fingerprint density at radius 3 is 2.25 bits per heavy atom. The van der Waals surface area contributed by atoms with E-state index in [1.165, 1.54) is 0 Å². The van der Waals surface area contributed by atoms with Gasteiger partial charge in [-0.2, -0.15) is 0 Å². The number of allylic oxidation sites excluding steroid dienone is 1. The van der Waals surface area contributed by atoms with Gasteiger partial charge < -0.3 is 4.90 Å². The number of nitrogens with zero attached hydrogens (tertiary/aromatic N) is 1. The minimum absolute atomic E-state index is 0.558. The van der Waals surface area contributed by atoms with Gasteiger partial charge in [0.2, 0.25) is 0 Å². The van der Waals surface area contributed by atoms with E-state index in [0.29, 0.717) is 4.48 Å². The van der Waals surface area contributed by atoms with E-state index in [-0.39, 0.29) is 0 Å². The molecule has 0 atom stereocenters. The van der Waals surface area contributed by atoms with E-state index in [1.54, 1.807) is 11.1 Å². The smallest absolute Gasteiger partial charge is 0.158 e. The second-order valence-electron chi connectivity index (χ2n) is 1.60. The van der Waals surface area contributed by atoms with E-state index in [2.05, 4.69) is 15.9 Å². The summed E-state index contributed by atoms with van der Waals surface area (Å²) >= 11 is 3.03. The van der Waals surface area contributed by atoms with E-state index in [0.717, 1.165) is 6.29 Å². The Bertz CT molecular complexity index is 109. The summed E-state index contributed by atoms with van der Waals surface area (Å²) in [6.45, 7) is 0. The molecule has 0 spiro atoms. The highest BCUT2D eigenvalue weighted by Crippen LogP contribution is 1.98. The molecule has 0 aliphatic carbocycles. The van der Waals surface area contributed by atoms with Crippen molar-refractivity contribution in [3.05, 3.63) is 10.7 Å². The monoisotopic (exact) mass is 177 g/mol. The molecule has 0 aromatic carbocycles. The van der Waals surface area contributed by atoms with E-state index >= 15 is 0 Å². The third kappa shape index (κ3) is 3.87. The topological polar surface area (TPSA) is 20.3 Å². The van der Waals surface area contributed by atoms with Crippen molar-refractivity contribution in [3.8, 4) is 0 Å². The third-order valence-corrected chi connectivity index (χ3v) is 0.886. The van der Waals surface area contributed by atoms with Crippen LogP contribution < -0.4 is 0 Å². The largest absolute Gasteiger partial charge is 0.382 e. The zero-order chi connectivity index (χ0) is 6.57. The molecule has 0 aromatic heterocycles. The Labute approximate surface area is 57.3 Å². The lowest BCUT2D eigenvalue weighted by Crippen LogP contribution is -2.01. The maximum atomic E-state index is 9.90. The molecule has 0 bridgehead atoms. The minimum atomic E-state index is 0.558. The zero-order valence-electron chi connectivity index (χ0n) is 4.89. The number of halogens is 1. The first-order valence-electron chi connectivity index (χ1n) is 2.15. The van der Waals surface area contributed by atoms with Crippen molar-refractivity contribution in [2.75, 3.05) is 14.1 Å². The Morgan fingerprint density at radius 1 is 1.62 bits per heavy atom. The average molecular weight is 178 g/mol. The molecule has 0 heterocycles. The predicted octanol–water partition coefficient (Wildman–Crippen LogP) is 0.983. The van der Waals surface area contributed by atoms with Gasteiger partial charge in [0.1, 0.15) is 0 Å². The van der Waals surface area contributed by atoms with E-state index < -0.39 is 0 Å². The van der Waals surface area contributed by atoms with Gasteiger partial charge >= 0.3 is 0 Å². The Morgan fingerprint density at radius 2 is 2.12 bits per heavy atom. The number of carbonyl (C=O) groups is 1. The highest BCUT2D eigenvalue weighted by molar-refractivity contribution is 9.12. The highest BCUT2D eigenvalue weighted by Gasteiger charge is 1.84. The highest BCUT2D eigenvalue weighted by atomic mass is 79.9. The zero-order valence-corrected chi connectivity index (χ0v) is 6.47. The normalized spacial score (nSPS) is 11.1. The summed E-state index contributed by atoms with van der Waals surface area (Å²) in [6, 6.07) is 0. The van der Waals surface area contributed by atoms with Crippen molar-refractivity contribution in [1.29, 1.82) is 0 Å². The second kappa shape index (κ2) is 3.66. The van der Waals surface area contributed by atoms with Crippen molar-refractivity contribution < 1.29 is 4.79 Å². The molecule has 8 heavy (non-hydrogen) atoms. The first-order valence-corrected chi connectivity index (χ1v) is 2.95. The average Bonchev–Trinajstić information content (AvgIpc) is 1.65. The molecular formula is C5H8BrNO. The Kier molecular flexibility index (Phi) is 3.52. The molecule has 0 saturated carbocycles. The molecule has 0 aromatic rings. The molecular weight excluding hydrogens is 170 g/mol. The number of hydrogen-bond donors (Lipinski definition) is 0. The van der Waals surface area contributed by atoms with Gasteiger partial charge in [-0.25, -0.2) is 0 Å². The van der Waals surface area contributed by atoms with Gasteiger partial charge in [0.25, 0.3) is 0 Å². The Hall–Kier alpha value is -0.310. The molecule has 2 nitrogen and oxygen atoms in total. The lowest BCUT2D eigenvalue weighted by molar-refractivity contribution is -0.104. The summed E-state index contributed by atoms with van der Waals surface area (Å²) in [5.74, 6) is 0. The van der Waals surface area contributed by atoms with Gasteiger partial charge in [-0.3, -0.25) is 4.79 Å². The van der Waals surface area contributed by atoms with Crippen LogP contribution in [0.15, 0.2) is 10.7 Å². The van der Waals surface area contributed by atoms with Crippen LogP contribution in [0.1, 0.15) is 0 Å². The minimum Gasteiger partial charge on any atom is -0.382 e. The van der Waals surface area contributed by atoms with Crippen LogP contribution in [-0.2, 0) is 4.79 Å². The van der Waals surface area contributed by atoms with Crippen LogP contribution in [0.25, 0.3) is 0 Å². The van der Waals surface area contributed by atoms with Gasteiger partial charge in [-0.1, -0.05) is 0 Å². The van der Waals surface area contributed by atoms with Crippen LogP contribution in [0, 0.1) is 0 Å². The maximum Gasteiger partial charge on any atom is 0.158 e. The molecule has 0 fully saturated rings. The fourth-order valence-electron chi connectivity index (χ4n) is 0.277. The van der Waals surface area contributed by atoms with Crippen molar-refractivity contribution in [1.82, 2.24) is 4.90 Å². The summed E-state index contributed by atoms with van der Waals surface area (Å²) in [6.07, 6.45) is 2.44. The van der Waals surface area contributed by atoms with Crippen LogP contribution in [-0.4, -0.2) is 25.3 Å². The maximum absolute atomic E-state index is 9.90. The SMILES string of the molecule is CN(C)C=C(Br)C=O. The van der Waals surface area contributed by atoms with Gasteiger partial charge in [-0.15, -0.1) is 0 Å². The molecule has 0 unspecified atom stereocenters. The summed E-state index contributed by atoms with van der Waals surface area (Å²) in [5, 5.41) is 0. The van der Waals surface area contributed by atoms with Crippen molar-refractivity contribution >= 4 is 22.2 Å². The van der Waals surface area contributed by atoms with E-state index in [4.69, 9.17) is 0 Å². The van der Waals surface area contributed by atoms with Gasteiger partial charge in [0, 0.05) is 20.3 Å². The lowest BCUT2D eigenvalue weighted by Gasteiger charge is -2.01. The van der Waals surface area contributed by atoms with Crippen LogP contribution in [0.2, 0.25) is 0 Å². The number of rotatable bonds is 2. The molecule has 0 rings (SSSR count). The van der Waals surface area contributed by atoms with Gasteiger partial charge in [0.15, 0.2) is 6.29 Å². The molecule has 0 aliphatic heterocycles. The summed E-state index contributed by atoms with van der Waals surface area (Å²) in [7, 11) is 3.70. The molecule has 0 N–H and O–H groups in total. The van der Waals surface area contributed by atoms with E-state index in [1.807, 2.05) is 14.1 Å². The second-order valence-corrected chi connectivity index (χ2v) is 2.51. The van der Waals surface area contributed by atoms with Crippen LogP contribution in [0.3, 0.4) is 0 Å². The molecule has 0 aliphatic rings. The van der Waals surface area contributed by atoms with Crippen molar-refractivity contribution in [2.45, 2.75) is 0 Å². The molecule has 0 amide bonds. The van der Waals surface area contributed by atoms with Crippen LogP contribution >= 0.6 is 15.9 Å². The van der Waals surface area contributed by atoms with Crippen molar-refractivity contribution in [2.24, 2.45) is 0 Å². The summed E-state index contributed by atoms with van der Waals surface area (Å²) in [4.78, 5) is 11.7. The number of hydrogen-bond acceptors (Lipinski definition) is 2. The molecule has 0 radical (unpaired) electrons. The number of carbonyl (C=O) groups excluding carboxylic acids is 1. The quantitative estimate of drug-likeness (QED) is 0.464. The van der Waals surface area contributed by atoms with Crippen LogP contribution in [0.5, 0.6) is 0 Å². The summed E-state index contributed by atoms with van der Waals surface area (Å²) < 4.78 is 0.558. The predicted molar refractivity (Wildman–Crippen MR) is 36.8 cm³/mol. The van der Waals surface area contributed by atoms with Gasteiger partial charge in [-0.05, 0) is 15.9 Å². The van der Waals surface area contributed by atoms with E-state index in [9.17, 15) is 4.79 Å². The first-order chi connectivity index (χ1) is 3.66. The van der Waals surface area contributed by atoms with Crippen LogP contribution in [0.4, 0.5) is 0 Å². The molecule has 46 valence electrons. The molecule has 0 saturated heterocycles. The third-order valence-electron chi connectivity index (χ3n) is 0.494. The van der Waals surface area contributed by atoms with Gasteiger partial charge in [0.05, 0.1) is 4.48 Å². The number of aldehydes is 1. The van der Waals surface area contributed by atoms with Crippen molar-refractivity contribution in [3.63, 3.8) is 0 Å². The standard InChI is InChI=1S/C5H8BrNO/c1-7(2)3-5(6)4-8/h3-4H,1-2H3.